The van der Waals surface area contributed by atoms with Gasteiger partial charge in [-0.15, -0.1) is 11.6 Å². The molecule has 0 aromatic carbocycles. The Kier molecular flexibility index (Phi) is 3.51. The normalized spacial score (nSPS) is 61.2. The quantitative estimate of drug-likeness (QED) is 0.461. The van der Waals surface area contributed by atoms with Crippen molar-refractivity contribution in [2.75, 3.05) is 0 Å². The van der Waals surface area contributed by atoms with Crippen LogP contribution in [0.1, 0.15) is 47.0 Å². The molecule has 0 amide bonds. The van der Waals surface area contributed by atoms with Gasteiger partial charge < -0.3 is 9.84 Å². The van der Waals surface area contributed by atoms with Crippen LogP contribution in [0.2, 0.25) is 0 Å². The number of ether oxygens (including phenoxy) is 1. The number of hydrogen-bond donors (Lipinski definition) is 1. The molecule has 2 aliphatic carbocycles. The summed E-state index contributed by atoms with van der Waals surface area (Å²) in [6.45, 7) is 8.71. The topological polar surface area (TPSA) is 32.8 Å². The van der Waals surface area contributed by atoms with Gasteiger partial charge in [0, 0.05) is 15.1 Å². The molecule has 116 valence electrons. The monoisotopic (exact) mass is 428 g/mol. The van der Waals surface area contributed by atoms with Crippen molar-refractivity contribution in [3.63, 3.8) is 0 Å². The van der Waals surface area contributed by atoms with Gasteiger partial charge in [0.2, 0.25) is 0 Å². The van der Waals surface area contributed by atoms with Crippen molar-refractivity contribution >= 4 is 43.5 Å². The van der Waals surface area contributed by atoms with Crippen molar-refractivity contribution in [1.82, 2.24) is 0 Å². The van der Waals surface area contributed by atoms with Gasteiger partial charge in [0.1, 0.15) is 5.60 Å². The van der Waals surface area contributed by atoms with Gasteiger partial charge >= 0.3 is 0 Å². The van der Waals surface area contributed by atoms with Crippen LogP contribution in [0.15, 0.2) is 0 Å². The SMILES string of the molecule is CC1(C)[C@H](Br)C[C@@H]2O[C@]2(C)[C@]12C[C@H](Br)[C@@](C)(Cl)C[C@H]2O. The molecule has 7 atom stereocenters. The number of hydrogen-bond acceptors (Lipinski definition) is 2. The fourth-order valence-electron chi connectivity index (χ4n) is 4.87. The van der Waals surface area contributed by atoms with E-state index in [4.69, 9.17) is 16.3 Å². The predicted octanol–water partition coefficient (Wildman–Crippen LogP) is 4.24. The highest BCUT2D eigenvalue weighted by Crippen LogP contribution is 2.72. The van der Waals surface area contributed by atoms with Crippen LogP contribution >= 0.6 is 43.5 Å². The Bertz CT molecular complexity index is 442. The Hall–Kier alpha value is 1.17. The zero-order valence-electron chi connectivity index (χ0n) is 12.4. The molecule has 0 bridgehead atoms. The van der Waals surface area contributed by atoms with Crippen molar-refractivity contribution in [2.24, 2.45) is 10.8 Å². The first-order chi connectivity index (χ1) is 8.99. The molecular formula is C15H23Br2ClO2. The predicted molar refractivity (Wildman–Crippen MR) is 89.0 cm³/mol. The molecular weight excluding hydrogens is 407 g/mol. The molecule has 2 nitrogen and oxygen atoms in total. The second kappa shape index (κ2) is 4.37. The van der Waals surface area contributed by atoms with Gasteiger partial charge in [-0.3, -0.25) is 0 Å². The van der Waals surface area contributed by atoms with E-state index in [2.05, 4.69) is 52.6 Å². The summed E-state index contributed by atoms with van der Waals surface area (Å²) in [4.78, 5) is 0.129. The standard InChI is InChI=1S/C15H23Br2ClO2/c1-12(2)8(16)5-11-14(4,20-11)15(12)6-9(17)13(3,18)7-10(15)19/h8-11,19H,5-7H2,1-4H3/t8-,9+,10-,11+,13+,14+,15+/m1/s1. The fourth-order valence-corrected chi connectivity index (χ4v) is 6.54. The highest BCUT2D eigenvalue weighted by molar-refractivity contribution is 9.09. The van der Waals surface area contributed by atoms with Crippen LogP contribution in [0.4, 0.5) is 0 Å². The molecule has 1 spiro atoms. The molecule has 3 aliphatic rings. The molecule has 0 aromatic heterocycles. The van der Waals surface area contributed by atoms with Gasteiger partial charge in [-0.05, 0) is 38.5 Å². The van der Waals surface area contributed by atoms with Crippen LogP contribution in [0.5, 0.6) is 0 Å². The van der Waals surface area contributed by atoms with Crippen LogP contribution in [0.3, 0.4) is 0 Å². The lowest BCUT2D eigenvalue weighted by Crippen LogP contribution is -2.67. The number of fused-ring (bicyclic) bond motifs is 2. The fraction of sp³-hybridized carbons (Fsp3) is 1.00. The molecule has 1 aliphatic heterocycles. The Morgan fingerprint density at radius 3 is 2.30 bits per heavy atom. The lowest BCUT2D eigenvalue weighted by atomic mass is 9.46. The maximum atomic E-state index is 11.0. The molecule has 3 fully saturated rings. The van der Waals surface area contributed by atoms with Crippen molar-refractivity contribution in [1.29, 1.82) is 0 Å². The highest BCUT2D eigenvalue weighted by Gasteiger charge is 2.78. The molecule has 3 rings (SSSR count). The largest absolute Gasteiger partial charge is 0.392 e. The molecule has 1 N–H and O–H groups in total. The highest BCUT2D eigenvalue weighted by atomic mass is 79.9. The number of aliphatic hydroxyl groups is 1. The average Bonchev–Trinajstić information content (AvgIpc) is 2.94. The number of halogens is 3. The van der Waals surface area contributed by atoms with Gasteiger partial charge in [-0.1, -0.05) is 45.7 Å². The van der Waals surface area contributed by atoms with Gasteiger partial charge in [-0.2, -0.15) is 0 Å². The second-order valence-corrected chi connectivity index (χ2v) is 10.9. The van der Waals surface area contributed by atoms with Gasteiger partial charge in [0.15, 0.2) is 0 Å². The Morgan fingerprint density at radius 1 is 1.10 bits per heavy atom. The van der Waals surface area contributed by atoms with E-state index < -0.39 is 11.0 Å². The van der Waals surface area contributed by atoms with Crippen LogP contribution in [-0.2, 0) is 4.74 Å². The van der Waals surface area contributed by atoms with E-state index in [9.17, 15) is 5.11 Å². The minimum absolute atomic E-state index is 0.0480. The summed E-state index contributed by atoms with van der Waals surface area (Å²) in [5.74, 6) is 0. The summed E-state index contributed by atoms with van der Waals surface area (Å²) in [5, 5.41) is 11.0. The van der Waals surface area contributed by atoms with Crippen molar-refractivity contribution in [2.45, 2.75) is 79.3 Å². The van der Waals surface area contributed by atoms with Crippen LogP contribution in [0.25, 0.3) is 0 Å². The number of aliphatic hydroxyl groups excluding tert-OH is 1. The van der Waals surface area contributed by atoms with Crippen molar-refractivity contribution in [3.8, 4) is 0 Å². The summed E-state index contributed by atoms with van der Waals surface area (Å²) in [6, 6.07) is 0. The minimum Gasteiger partial charge on any atom is -0.392 e. The van der Waals surface area contributed by atoms with Crippen LogP contribution in [-0.4, -0.2) is 37.4 Å². The number of rotatable bonds is 0. The average molecular weight is 431 g/mol. The molecule has 1 saturated heterocycles. The summed E-state index contributed by atoms with van der Waals surface area (Å²) in [7, 11) is 0. The van der Waals surface area contributed by atoms with E-state index in [-0.39, 0.29) is 27.4 Å². The summed E-state index contributed by atoms with van der Waals surface area (Å²) >= 11 is 14.2. The van der Waals surface area contributed by atoms with E-state index in [1.807, 2.05) is 6.92 Å². The Balaban J connectivity index is 2.08. The molecule has 2 saturated carbocycles. The second-order valence-electron chi connectivity index (χ2n) is 7.78. The first kappa shape index (κ1) is 16.0. The van der Waals surface area contributed by atoms with Crippen molar-refractivity contribution in [3.05, 3.63) is 0 Å². The third-order valence-corrected chi connectivity index (χ3v) is 10.0. The maximum Gasteiger partial charge on any atom is 0.101 e. The summed E-state index contributed by atoms with van der Waals surface area (Å²) in [6.07, 6.45) is 2.27. The first-order valence-corrected chi connectivity index (χ1v) is 9.53. The van der Waals surface area contributed by atoms with Gasteiger partial charge in [-0.25, -0.2) is 0 Å². The van der Waals surface area contributed by atoms with E-state index in [1.54, 1.807) is 0 Å². The molecule has 0 aromatic rings. The van der Waals surface area contributed by atoms with Crippen LogP contribution < -0.4 is 0 Å². The summed E-state index contributed by atoms with van der Waals surface area (Å²) in [5.41, 5.74) is -0.535. The lowest BCUT2D eigenvalue weighted by molar-refractivity contribution is -0.143. The smallest absolute Gasteiger partial charge is 0.101 e. The van der Waals surface area contributed by atoms with Crippen LogP contribution in [0, 0.1) is 10.8 Å². The number of alkyl halides is 3. The molecule has 1 heterocycles. The van der Waals surface area contributed by atoms with E-state index in [0.29, 0.717) is 11.2 Å². The molecule has 20 heavy (non-hydrogen) atoms. The van der Waals surface area contributed by atoms with E-state index in [1.165, 1.54) is 0 Å². The molecule has 0 unspecified atom stereocenters. The summed E-state index contributed by atoms with van der Waals surface area (Å²) < 4.78 is 6.10. The Labute approximate surface area is 143 Å². The molecule has 5 heteroatoms. The van der Waals surface area contributed by atoms with Gasteiger partial charge in [0.25, 0.3) is 0 Å². The van der Waals surface area contributed by atoms with E-state index in [0.717, 1.165) is 12.8 Å². The third-order valence-electron chi connectivity index (χ3n) is 6.50. The zero-order valence-corrected chi connectivity index (χ0v) is 16.3. The lowest BCUT2D eigenvalue weighted by Gasteiger charge is -2.61. The third kappa shape index (κ3) is 1.75. The van der Waals surface area contributed by atoms with Gasteiger partial charge in [0.05, 0.1) is 17.1 Å². The number of epoxide rings is 1. The van der Waals surface area contributed by atoms with Crippen molar-refractivity contribution < 1.29 is 9.84 Å². The maximum absolute atomic E-state index is 11.0. The first-order valence-electron chi connectivity index (χ1n) is 7.32. The Morgan fingerprint density at radius 2 is 1.70 bits per heavy atom. The zero-order chi connectivity index (χ0) is 15.1. The minimum atomic E-state index is -0.441. The molecule has 0 radical (unpaired) electrons. The van der Waals surface area contributed by atoms with E-state index >= 15 is 0 Å².